The molecule has 0 fully saturated rings. The number of hydrogen-bond donors (Lipinski definition) is 2. The first kappa shape index (κ1) is 12.8. The van der Waals surface area contributed by atoms with Crippen molar-refractivity contribution in [2.24, 2.45) is 0 Å². The number of urea groups is 1. The van der Waals surface area contributed by atoms with Crippen LogP contribution in [-0.4, -0.2) is 47.5 Å². The smallest absolute Gasteiger partial charge is 0.316 e. The molecule has 0 aromatic carbocycles. The Morgan fingerprint density at radius 1 is 1.50 bits per heavy atom. The molecule has 0 saturated carbocycles. The van der Waals surface area contributed by atoms with Crippen molar-refractivity contribution < 1.29 is 4.79 Å². The third-order valence-electron chi connectivity index (χ3n) is 2.43. The van der Waals surface area contributed by atoms with Crippen molar-refractivity contribution in [3.05, 3.63) is 23.5 Å². The molecule has 0 atom stereocenters. The topological polar surface area (TPSA) is 61.7 Å². The van der Waals surface area contributed by atoms with Gasteiger partial charge in [-0.3, -0.25) is 4.40 Å². The van der Waals surface area contributed by atoms with Gasteiger partial charge in [-0.2, -0.15) is 0 Å². The summed E-state index contributed by atoms with van der Waals surface area (Å²) in [5.41, 5.74) is 1.01. The second kappa shape index (κ2) is 5.83. The number of rotatable bonds is 5. The van der Waals surface area contributed by atoms with Gasteiger partial charge in [0.2, 0.25) is 0 Å². The lowest BCUT2D eigenvalue weighted by atomic mass is 10.4. The molecule has 0 aliphatic carbocycles. The number of amides is 2. The van der Waals surface area contributed by atoms with E-state index in [4.69, 9.17) is 0 Å². The fourth-order valence-electron chi connectivity index (χ4n) is 1.49. The predicted octanol–water partition coefficient (Wildman–Crippen LogP) is 0.757. The minimum atomic E-state index is -0.0701. The Hall–Kier alpha value is -1.60. The van der Waals surface area contributed by atoms with E-state index in [1.807, 2.05) is 22.2 Å². The normalized spacial score (nSPS) is 10.8. The van der Waals surface area contributed by atoms with Crippen LogP contribution in [0.15, 0.2) is 17.8 Å². The van der Waals surface area contributed by atoms with E-state index in [2.05, 4.69) is 15.6 Å². The van der Waals surface area contributed by atoms with Crippen LogP contribution in [0.3, 0.4) is 0 Å². The summed E-state index contributed by atoms with van der Waals surface area (Å²) in [6.45, 7) is 2.05. The molecule has 0 bridgehead atoms. The van der Waals surface area contributed by atoms with Gasteiger partial charge >= 0.3 is 6.03 Å². The number of aromatic nitrogens is 2. The van der Waals surface area contributed by atoms with Crippen LogP contribution < -0.4 is 10.6 Å². The van der Waals surface area contributed by atoms with E-state index >= 15 is 0 Å². The fourth-order valence-corrected chi connectivity index (χ4v) is 2.21. The maximum Gasteiger partial charge on any atom is 0.316 e. The number of nitrogens with one attached hydrogen (secondary N) is 2. The second-order valence-corrected chi connectivity index (χ2v) is 5.00. The van der Waals surface area contributed by atoms with Gasteiger partial charge in [0.05, 0.1) is 5.69 Å². The molecule has 18 heavy (non-hydrogen) atoms. The van der Waals surface area contributed by atoms with Crippen molar-refractivity contribution in [1.29, 1.82) is 0 Å². The standard InChI is InChI=1S/C11H17N5OS/c1-15(2)10(17)13-4-3-12-7-9-8-16-5-6-18-11(16)14-9/h5-6,8,12H,3-4,7H2,1-2H3,(H,13,17). The van der Waals surface area contributed by atoms with E-state index in [9.17, 15) is 4.79 Å². The number of fused-ring (bicyclic) bond motifs is 1. The Morgan fingerprint density at radius 2 is 2.33 bits per heavy atom. The minimum absolute atomic E-state index is 0.0701. The first-order valence-electron chi connectivity index (χ1n) is 5.74. The van der Waals surface area contributed by atoms with Gasteiger partial charge < -0.3 is 15.5 Å². The van der Waals surface area contributed by atoms with E-state index in [1.54, 1.807) is 25.4 Å². The summed E-state index contributed by atoms with van der Waals surface area (Å²) in [5, 5.41) is 8.04. The van der Waals surface area contributed by atoms with Crippen LogP contribution in [0.5, 0.6) is 0 Å². The zero-order chi connectivity index (χ0) is 13.0. The molecular weight excluding hydrogens is 250 g/mol. The highest BCUT2D eigenvalue weighted by atomic mass is 32.1. The highest BCUT2D eigenvalue weighted by Gasteiger charge is 2.03. The second-order valence-electron chi connectivity index (χ2n) is 4.13. The molecule has 0 unspecified atom stereocenters. The number of thiazole rings is 1. The van der Waals surface area contributed by atoms with Crippen LogP contribution in [0.2, 0.25) is 0 Å². The zero-order valence-corrected chi connectivity index (χ0v) is 11.3. The summed E-state index contributed by atoms with van der Waals surface area (Å²) in [6, 6.07) is -0.0701. The van der Waals surface area contributed by atoms with Gasteiger partial charge in [-0.1, -0.05) is 0 Å². The number of nitrogens with zero attached hydrogens (tertiary/aromatic N) is 3. The molecule has 0 radical (unpaired) electrons. The molecule has 0 spiro atoms. The van der Waals surface area contributed by atoms with Crippen LogP contribution in [0.1, 0.15) is 5.69 Å². The summed E-state index contributed by atoms with van der Waals surface area (Å²) in [5.74, 6) is 0. The number of carbonyl (C=O) groups is 1. The summed E-state index contributed by atoms with van der Waals surface area (Å²) < 4.78 is 2.01. The van der Waals surface area contributed by atoms with Crippen molar-refractivity contribution in [2.45, 2.75) is 6.54 Å². The number of carbonyl (C=O) groups excluding carboxylic acids is 1. The number of hydrogen-bond acceptors (Lipinski definition) is 4. The van der Waals surface area contributed by atoms with Crippen molar-refractivity contribution >= 4 is 22.3 Å². The van der Waals surface area contributed by atoms with Crippen molar-refractivity contribution in [2.75, 3.05) is 27.2 Å². The van der Waals surface area contributed by atoms with Crippen LogP contribution >= 0.6 is 11.3 Å². The molecule has 2 rings (SSSR count). The van der Waals surface area contributed by atoms with Gasteiger partial charge in [0.25, 0.3) is 0 Å². The first-order chi connectivity index (χ1) is 8.66. The largest absolute Gasteiger partial charge is 0.337 e. The quantitative estimate of drug-likeness (QED) is 0.786. The molecule has 2 amide bonds. The average Bonchev–Trinajstić information content (AvgIpc) is 2.88. The van der Waals surface area contributed by atoms with Gasteiger partial charge in [0, 0.05) is 51.5 Å². The van der Waals surface area contributed by atoms with Gasteiger partial charge in [0.1, 0.15) is 0 Å². The molecule has 2 aromatic heterocycles. The summed E-state index contributed by atoms with van der Waals surface area (Å²) >= 11 is 1.62. The fraction of sp³-hybridized carbons (Fsp3) is 0.455. The van der Waals surface area contributed by atoms with Gasteiger partial charge in [-0.15, -0.1) is 11.3 Å². The van der Waals surface area contributed by atoms with Crippen LogP contribution in [0, 0.1) is 0 Å². The molecule has 0 aliphatic rings. The molecule has 2 N–H and O–H groups in total. The Labute approximate surface area is 110 Å². The molecule has 6 nitrogen and oxygen atoms in total. The highest BCUT2D eigenvalue weighted by Crippen LogP contribution is 2.10. The predicted molar refractivity (Wildman–Crippen MR) is 71.9 cm³/mol. The molecule has 98 valence electrons. The van der Waals surface area contributed by atoms with E-state index < -0.39 is 0 Å². The lowest BCUT2D eigenvalue weighted by Crippen LogP contribution is -2.38. The monoisotopic (exact) mass is 267 g/mol. The Kier molecular flexibility index (Phi) is 4.16. The molecule has 0 saturated heterocycles. The molecular formula is C11H17N5OS. The maximum atomic E-state index is 11.2. The average molecular weight is 267 g/mol. The van der Waals surface area contributed by atoms with Crippen molar-refractivity contribution in [3.63, 3.8) is 0 Å². The third kappa shape index (κ3) is 3.21. The highest BCUT2D eigenvalue weighted by molar-refractivity contribution is 7.15. The SMILES string of the molecule is CN(C)C(=O)NCCNCc1cn2ccsc2n1. The Bertz CT molecular complexity index is 490. The summed E-state index contributed by atoms with van der Waals surface area (Å²) in [6.07, 6.45) is 4.01. The lowest BCUT2D eigenvalue weighted by molar-refractivity contribution is 0.217. The summed E-state index contributed by atoms with van der Waals surface area (Å²) in [4.78, 5) is 18.2. The molecule has 7 heteroatoms. The van der Waals surface area contributed by atoms with Crippen molar-refractivity contribution in [3.8, 4) is 0 Å². The van der Waals surface area contributed by atoms with E-state index in [0.29, 0.717) is 13.1 Å². The van der Waals surface area contributed by atoms with Gasteiger partial charge in [0.15, 0.2) is 4.96 Å². The molecule has 0 aliphatic heterocycles. The zero-order valence-electron chi connectivity index (χ0n) is 10.5. The van der Waals surface area contributed by atoms with Gasteiger partial charge in [-0.25, -0.2) is 9.78 Å². The van der Waals surface area contributed by atoms with Crippen LogP contribution in [0.4, 0.5) is 4.79 Å². The molecule has 2 aromatic rings. The van der Waals surface area contributed by atoms with Crippen LogP contribution in [-0.2, 0) is 6.54 Å². The Balaban J connectivity index is 1.67. The van der Waals surface area contributed by atoms with E-state index in [0.717, 1.165) is 17.2 Å². The maximum absolute atomic E-state index is 11.2. The van der Waals surface area contributed by atoms with Crippen molar-refractivity contribution in [1.82, 2.24) is 24.9 Å². The number of imidazole rings is 1. The molecule has 2 heterocycles. The van der Waals surface area contributed by atoms with Gasteiger partial charge in [-0.05, 0) is 0 Å². The van der Waals surface area contributed by atoms with E-state index in [1.165, 1.54) is 4.90 Å². The third-order valence-corrected chi connectivity index (χ3v) is 3.20. The first-order valence-corrected chi connectivity index (χ1v) is 6.62. The summed E-state index contributed by atoms with van der Waals surface area (Å²) in [7, 11) is 3.45. The Morgan fingerprint density at radius 3 is 3.06 bits per heavy atom. The lowest BCUT2D eigenvalue weighted by Gasteiger charge is -2.11. The van der Waals surface area contributed by atoms with E-state index in [-0.39, 0.29) is 6.03 Å². The minimum Gasteiger partial charge on any atom is -0.337 e. The van der Waals surface area contributed by atoms with Crippen LogP contribution in [0.25, 0.3) is 4.96 Å².